The molecule has 0 spiro atoms. The van der Waals surface area contributed by atoms with Crippen LogP contribution < -0.4 is 0 Å². The molecule has 0 aromatic heterocycles. The third kappa shape index (κ3) is 2.00. The quantitative estimate of drug-likeness (QED) is 0.710. The highest BCUT2D eigenvalue weighted by molar-refractivity contribution is 5.07. The maximum absolute atomic E-state index is 11.6. The van der Waals surface area contributed by atoms with E-state index in [4.69, 9.17) is 10.7 Å². The first kappa shape index (κ1) is 11.9. The van der Waals surface area contributed by atoms with Crippen LogP contribution in [0.25, 0.3) is 5.84 Å². The van der Waals surface area contributed by atoms with Gasteiger partial charge in [0.15, 0.2) is 0 Å². The summed E-state index contributed by atoms with van der Waals surface area (Å²) in [6, 6.07) is 0. The first-order chi connectivity index (χ1) is 7.90. The molecule has 4 aliphatic carbocycles. The van der Waals surface area contributed by atoms with Crippen LogP contribution in [-0.2, 0) is 4.84 Å². The van der Waals surface area contributed by atoms with E-state index in [1.165, 1.54) is 26.3 Å². The molecule has 4 fully saturated rings. The molecule has 5 nitrogen and oxygen atoms in total. The van der Waals surface area contributed by atoms with E-state index in [2.05, 4.69) is 6.92 Å². The lowest BCUT2D eigenvalue weighted by Gasteiger charge is -2.62. The van der Waals surface area contributed by atoms with Gasteiger partial charge in [-0.2, -0.15) is 0 Å². The summed E-state index contributed by atoms with van der Waals surface area (Å²) in [7, 11) is 1.40. The fourth-order valence-electron chi connectivity index (χ4n) is 4.96. The van der Waals surface area contributed by atoms with Crippen LogP contribution in [0.1, 0.15) is 45.4 Å². The van der Waals surface area contributed by atoms with Crippen LogP contribution in [0.2, 0.25) is 0 Å². The number of rotatable bonds is 3. The molecule has 0 aliphatic heterocycles. The van der Waals surface area contributed by atoms with E-state index < -0.39 is 0 Å². The van der Waals surface area contributed by atoms with Gasteiger partial charge in [0.2, 0.25) is 0 Å². The monoisotopic (exact) mass is 239 g/mol. The summed E-state index contributed by atoms with van der Waals surface area (Å²) < 4.78 is 0. The molecule has 2 atom stereocenters. The average Bonchev–Trinajstić information content (AvgIpc) is 2.11. The van der Waals surface area contributed by atoms with Crippen molar-refractivity contribution in [1.29, 1.82) is 0 Å². The predicted molar refractivity (Wildman–Crippen MR) is 63.9 cm³/mol. The minimum atomic E-state index is -0.282. The second-order valence-electron chi connectivity index (χ2n) is 6.81. The average molecular weight is 239 g/mol. The van der Waals surface area contributed by atoms with E-state index in [0.717, 1.165) is 36.2 Å². The van der Waals surface area contributed by atoms with Crippen molar-refractivity contribution in [2.45, 2.75) is 51.0 Å². The molecule has 4 bridgehead atoms. The number of nitrogens with one attached hydrogen (secondary N) is 1. The van der Waals surface area contributed by atoms with Crippen LogP contribution in [-0.4, -0.2) is 23.1 Å². The molecule has 4 aliphatic rings. The third-order valence-corrected chi connectivity index (χ3v) is 4.82. The van der Waals surface area contributed by atoms with E-state index in [-0.39, 0.29) is 5.60 Å². The van der Waals surface area contributed by atoms with Gasteiger partial charge in [-0.1, -0.05) is 6.92 Å². The molecular formula is C12H21N3O2-2. The van der Waals surface area contributed by atoms with Gasteiger partial charge in [-0.3, -0.25) is 4.84 Å². The predicted octanol–water partition coefficient (Wildman–Crippen LogP) is 2.89. The van der Waals surface area contributed by atoms with E-state index in [9.17, 15) is 5.21 Å². The lowest BCUT2D eigenvalue weighted by Crippen LogP contribution is -2.58. The summed E-state index contributed by atoms with van der Waals surface area (Å²) in [5, 5.41) is 12.6. The Hall–Kier alpha value is -0.200. The molecule has 2 unspecified atom stereocenters. The van der Waals surface area contributed by atoms with Crippen LogP contribution in [0.5, 0.6) is 0 Å². The molecule has 17 heavy (non-hydrogen) atoms. The minimum absolute atomic E-state index is 0.282. The highest BCUT2D eigenvalue weighted by Gasteiger charge is 2.57. The van der Waals surface area contributed by atoms with Crippen molar-refractivity contribution in [3.8, 4) is 0 Å². The highest BCUT2D eigenvalue weighted by Crippen LogP contribution is 2.62. The molecule has 1 N–H and O–H groups in total. The summed E-state index contributed by atoms with van der Waals surface area (Å²) >= 11 is 0. The Morgan fingerprint density at radius 3 is 2.29 bits per heavy atom. The van der Waals surface area contributed by atoms with Gasteiger partial charge in [0.1, 0.15) is 0 Å². The normalized spacial score (nSPS) is 48.4. The van der Waals surface area contributed by atoms with Gasteiger partial charge >= 0.3 is 0 Å². The fraction of sp³-hybridized carbons (Fsp3) is 1.00. The first-order valence-electron chi connectivity index (χ1n) is 6.51. The van der Waals surface area contributed by atoms with Gasteiger partial charge in [0.25, 0.3) is 0 Å². The summed E-state index contributed by atoms with van der Waals surface area (Å²) in [5.74, 6) is 8.72. The van der Waals surface area contributed by atoms with Crippen molar-refractivity contribution in [1.82, 2.24) is 10.5 Å². The molecule has 5 heteroatoms. The Morgan fingerprint density at radius 2 is 1.82 bits per heavy atom. The van der Waals surface area contributed by atoms with Crippen molar-refractivity contribution in [2.24, 2.45) is 17.3 Å². The van der Waals surface area contributed by atoms with Crippen molar-refractivity contribution in [3.63, 3.8) is 0 Å². The Bertz CT molecular complexity index is 307. The Labute approximate surface area is 102 Å². The zero-order chi connectivity index (χ0) is 12.3. The molecule has 0 aromatic carbocycles. The summed E-state index contributed by atoms with van der Waals surface area (Å²) in [4.78, 5) is 5.59. The largest absolute Gasteiger partial charge is 0.749 e. The minimum Gasteiger partial charge on any atom is -0.749 e. The topological polar surface area (TPSA) is 62.6 Å². The van der Waals surface area contributed by atoms with Crippen molar-refractivity contribution < 1.29 is 4.84 Å². The lowest BCUT2D eigenvalue weighted by molar-refractivity contribution is -0.333. The molecule has 0 aromatic rings. The van der Waals surface area contributed by atoms with Gasteiger partial charge in [0.05, 0.1) is 5.60 Å². The standard InChI is InChI=1S/C12H21N3O2/c1-11-4-9-3-10(5-11)7-12(6-9,8-11)17-15(16)14(2)13/h9-10,13H,3-8H2,1-2H3/q-2. The number of hydrogen-bond donors (Lipinski definition) is 0. The maximum Gasteiger partial charge on any atom is 0.0914 e. The van der Waals surface area contributed by atoms with E-state index in [0.29, 0.717) is 10.8 Å². The molecule has 98 valence electrons. The van der Waals surface area contributed by atoms with Crippen LogP contribution in [0, 0.1) is 22.5 Å². The van der Waals surface area contributed by atoms with Crippen molar-refractivity contribution in [2.75, 3.05) is 7.05 Å². The first-order valence-corrected chi connectivity index (χ1v) is 6.51. The zero-order valence-corrected chi connectivity index (χ0v) is 10.6. The molecule has 4 saturated carbocycles. The number of hydrazine groups is 1. The Morgan fingerprint density at radius 1 is 1.24 bits per heavy atom. The van der Waals surface area contributed by atoms with E-state index in [1.807, 2.05) is 0 Å². The second kappa shape index (κ2) is 3.65. The van der Waals surface area contributed by atoms with Gasteiger partial charge < -0.3 is 16.2 Å². The van der Waals surface area contributed by atoms with Crippen LogP contribution in [0.3, 0.4) is 0 Å². The number of hydrogen-bond acceptors (Lipinski definition) is 4. The molecule has 0 amide bonds. The Kier molecular flexibility index (Phi) is 2.55. The molecular weight excluding hydrogens is 218 g/mol. The van der Waals surface area contributed by atoms with Crippen molar-refractivity contribution in [3.05, 3.63) is 11.0 Å². The summed E-state index contributed by atoms with van der Waals surface area (Å²) in [6.45, 7) is 2.34. The van der Waals surface area contributed by atoms with Crippen molar-refractivity contribution >= 4 is 0 Å². The van der Waals surface area contributed by atoms with E-state index >= 15 is 0 Å². The molecule has 0 saturated heterocycles. The molecule has 0 heterocycles. The molecule has 4 rings (SSSR count). The second-order valence-corrected chi connectivity index (χ2v) is 6.81. The SMILES string of the molecule is CN([NH-])N([O-])OC12CC3CC(CC(C)(C3)C1)C2. The van der Waals surface area contributed by atoms with Gasteiger partial charge in [-0.25, -0.2) is 5.34 Å². The van der Waals surface area contributed by atoms with Crippen LogP contribution >= 0.6 is 0 Å². The maximum atomic E-state index is 11.6. The summed E-state index contributed by atoms with van der Waals surface area (Å²) in [6.07, 6.45) is 6.90. The highest BCUT2D eigenvalue weighted by atomic mass is 16.9. The van der Waals surface area contributed by atoms with E-state index in [1.54, 1.807) is 0 Å². The summed E-state index contributed by atoms with van der Waals surface area (Å²) in [5.41, 5.74) is 0.0847. The van der Waals surface area contributed by atoms with Gasteiger partial charge in [-0.05, 0) is 62.8 Å². The fourth-order valence-corrected chi connectivity index (χ4v) is 4.96. The lowest BCUT2D eigenvalue weighted by atomic mass is 9.48. The van der Waals surface area contributed by atoms with Gasteiger partial charge in [0, 0.05) is 0 Å². The third-order valence-electron chi connectivity index (χ3n) is 4.82. The zero-order valence-electron chi connectivity index (χ0n) is 10.6. The van der Waals surface area contributed by atoms with Crippen LogP contribution in [0.4, 0.5) is 0 Å². The number of nitrogens with zero attached hydrogens (tertiary/aromatic N) is 2. The smallest absolute Gasteiger partial charge is 0.0914 e. The Balaban J connectivity index is 1.79. The van der Waals surface area contributed by atoms with Crippen LogP contribution in [0.15, 0.2) is 0 Å². The molecule has 0 radical (unpaired) electrons. The van der Waals surface area contributed by atoms with Gasteiger partial charge in [-0.15, -0.1) is 0 Å².